The van der Waals surface area contributed by atoms with Crippen LogP contribution in [0.5, 0.6) is 0 Å². The van der Waals surface area contributed by atoms with Crippen LogP contribution in [-0.4, -0.2) is 11.3 Å². The minimum atomic E-state index is 0.189. The van der Waals surface area contributed by atoms with Gasteiger partial charge in [-0.15, -0.1) is 0 Å². The quantitative estimate of drug-likeness (QED) is 0.607. The lowest BCUT2D eigenvalue weighted by molar-refractivity contribution is -0.105. The fraction of sp³-hybridized carbons (Fsp3) is 0.200. The van der Waals surface area contributed by atoms with Gasteiger partial charge in [-0.3, -0.25) is 9.78 Å². The first-order valence-electron chi connectivity index (χ1n) is 5.87. The predicted octanol–water partition coefficient (Wildman–Crippen LogP) is 3.58. The molecule has 3 nitrogen and oxygen atoms in total. The van der Waals surface area contributed by atoms with Gasteiger partial charge in [0, 0.05) is 18.0 Å². The maximum atomic E-state index is 10.9. The molecule has 0 saturated carbocycles. The highest BCUT2D eigenvalue weighted by Gasteiger charge is 2.06. The van der Waals surface area contributed by atoms with Crippen LogP contribution in [0.3, 0.4) is 0 Å². The first-order chi connectivity index (χ1) is 8.70. The molecule has 2 aromatic heterocycles. The van der Waals surface area contributed by atoms with Gasteiger partial charge in [-0.1, -0.05) is 13.8 Å². The van der Waals surface area contributed by atoms with Crippen LogP contribution in [0.25, 0.3) is 17.4 Å². The lowest BCUT2D eigenvalue weighted by atomic mass is 10.0. The van der Waals surface area contributed by atoms with Crippen molar-refractivity contribution in [3.8, 4) is 11.3 Å². The van der Waals surface area contributed by atoms with Crippen LogP contribution < -0.4 is 0 Å². The smallest absolute Gasteiger partial charge is 0.146 e. The normalized spacial score (nSPS) is 11.8. The number of carbonyl (C=O) groups is 1. The molecular formula is C15H15NO2. The molecule has 92 valence electrons. The van der Waals surface area contributed by atoms with Crippen LogP contribution in [0.15, 0.2) is 46.6 Å². The van der Waals surface area contributed by atoms with Crippen molar-refractivity contribution in [1.29, 1.82) is 0 Å². The highest BCUT2D eigenvalue weighted by atomic mass is 16.3. The van der Waals surface area contributed by atoms with Gasteiger partial charge in [0.25, 0.3) is 0 Å². The summed E-state index contributed by atoms with van der Waals surface area (Å²) in [7, 11) is 0. The number of allylic oxidation sites excluding steroid dienone is 1. The summed E-state index contributed by atoms with van der Waals surface area (Å²) in [6.07, 6.45) is 6.11. The number of carbonyl (C=O) groups excluding carboxylic acids is 1. The van der Waals surface area contributed by atoms with E-state index in [2.05, 4.69) is 4.98 Å². The zero-order valence-electron chi connectivity index (χ0n) is 10.5. The van der Waals surface area contributed by atoms with E-state index in [0.29, 0.717) is 5.76 Å². The fourth-order valence-electron chi connectivity index (χ4n) is 1.60. The summed E-state index contributed by atoms with van der Waals surface area (Å²) >= 11 is 0. The van der Waals surface area contributed by atoms with Crippen molar-refractivity contribution in [3.05, 3.63) is 48.0 Å². The number of aromatic nitrogens is 1. The lowest BCUT2D eigenvalue weighted by Crippen LogP contribution is -1.94. The molecule has 0 spiro atoms. The Morgan fingerprint density at radius 3 is 2.78 bits per heavy atom. The van der Waals surface area contributed by atoms with Crippen molar-refractivity contribution < 1.29 is 9.21 Å². The van der Waals surface area contributed by atoms with Gasteiger partial charge >= 0.3 is 0 Å². The number of hydrogen-bond acceptors (Lipinski definition) is 3. The average Bonchev–Trinajstić information content (AvgIpc) is 2.85. The van der Waals surface area contributed by atoms with E-state index in [4.69, 9.17) is 4.42 Å². The molecule has 2 heterocycles. The summed E-state index contributed by atoms with van der Waals surface area (Å²) in [5, 5.41) is 0. The Morgan fingerprint density at radius 2 is 2.17 bits per heavy atom. The van der Waals surface area contributed by atoms with Gasteiger partial charge in [-0.2, -0.15) is 0 Å². The SMILES string of the molecule is CC(C)C(C=O)=Cc1ccc(-c2cccnc2)o1. The second-order valence-corrected chi connectivity index (χ2v) is 4.36. The third kappa shape index (κ3) is 2.74. The molecule has 0 unspecified atom stereocenters. The Balaban J connectivity index is 2.29. The maximum absolute atomic E-state index is 10.9. The average molecular weight is 241 g/mol. The molecular weight excluding hydrogens is 226 g/mol. The molecule has 0 atom stereocenters. The van der Waals surface area contributed by atoms with Crippen molar-refractivity contribution in [2.75, 3.05) is 0 Å². The highest BCUT2D eigenvalue weighted by molar-refractivity contribution is 5.81. The number of pyridine rings is 1. The molecule has 0 fully saturated rings. The third-order valence-corrected chi connectivity index (χ3v) is 2.68. The van der Waals surface area contributed by atoms with E-state index in [1.54, 1.807) is 18.5 Å². The summed E-state index contributed by atoms with van der Waals surface area (Å²) in [5.41, 5.74) is 1.65. The Labute approximate surface area is 106 Å². The predicted molar refractivity (Wildman–Crippen MR) is 70.8 cm³/mol. The second kappa shape index (κ2) is 5.45. The van der Waals surface area contributed by atoms with E-state index in [0.717, 1.165) is 23.2 Å². The second-order valence-electron chi connectivity index (χ2n) is 4.36. The van der Waals surface area contributed by atoms with Crippen LogP contribution in [-0.2, 0) is 4.79 Å². The van der Waals surface area contributed by atoms with E-state index in [-0.39, 0.29) is 5.92 Å². The summed E-state index contributed by atoms with van der Waals surface area (Å²) in [6, 6.07) is 7.53. The summed E-state index contributed by atoms with van der Waals surface area (Å²) in [4.78, 5) is 15.0. The van der Waals surface area contributed by atoms with Gasteiger partial charge in [0.15, 0.2) is 0 Å². The van der Waals surface area contributed by atoms with E-state index in [1.807, 2.05) is 38.1 Å². The molecule has 0 aromatic carbocycles. The van der Waals surface area contributed by atoms with Gasteiger partial charge in [-0.25, -0.2) is 0 Å². The molecule has 0 amide bonds. The van der Waals surface area contributed by atoms with Crippen molar-refractivity contribution in [3.63, 3.8) is 0 Å². The van der Waals surface area contributed by atoms with Crippen molar-refractivity contribution in [2.45, 2.75) is 13.8 Å². The Bertz CT molecular complexity index is 553. The summed E-state index contributed by atoms with van der Waals surface area (Å²) in [6.45, 7) is 3.95. The number of hydrogen-bond donors (Lipinski definition) is 0. The minimum absolute atomic E-state index is 0.189. The van der Waals surface area contributed by atoms with Gasteiger partial charge in [0.2, 0.25) is 0 Å². The molecule has 2 rings (SSSR count). The van der Waals surface area contributed by atoms with Gasteiger partial charge < -0.3 is 4.42 Å². The lowest BCUT2D eigenvalue weighted by Gasteiger charge is -2.01. The van der Waals surface area contributed by atoms with E-state index >= 15 is 0 Å². The Kier molecular flexibility index (Phi) is 3.72. The monoisotopic (exact) mass is 241 g/mol. The van der Waals surface area contributed by atoms with E-state index < -0.39 is 0 Å². The van der Waals surface area contributed by atoms with Crippen molar-refractivity contribution in [2.24, 2.45) is 5.92 Å². The van der Waals surface area contributed by atoms with Crippen LogP contribution in [0, 0.1) is 5.92 Å². The zero-order chi connectivity index (χ0) is 13.0. The molecule has 18 heavy (non-hydrogen) atoms. The van der Waals surface area contributed by atoms with Crippen LogP contribution >= 0.6 is 0 Å². The first kappa shape index (κ1) is 12.3. The molecule has 3 heteroatoms. The molecule has 0 aliphatic rings. The Hall–Kier alpha value is -2.16. The summed E-state index contributed by atoms with van der Waals surface area (Å²) < 4.78 is 5.68. The molecule has 0 aliphatic heterocycles. The van der Waals surface area contributed by atoms with Gasteiger partial charge in [0.1, 0.15) is 17.8 Å². The molecule has 0 saturated heterocycles. The molecule has 2 aromatic rings. The molecule has 0 radical (unpaired) electrons. The summed E-state index contributed by atoms with van der Waals surface area (Å²) in [5.74, 6) is 1.63. The van der Waals surface area contributed by atoms with Gasteiger partial charge in [0.05, 0.1) is 0 Å². The first-order valence-corrected chi connectivity index (χ1v) is 5.87. The topological polar surface area (TPSA) is 43.1 Å². The third-order valence-electron chi connectivity index (χ3n) is 2.68. The Morgan fingerprint density at radius 1 is 1.33 bits per heavy atom. The van der Waals surface area contributed by atoms with Crippen LogP contribution in [0.2, 0.25) is 0 Å². The fourth-order valence-corrected chi connectivity index (χ4v) is 1.60. The highest BCUT2D eigenvalue weighted by Crippen LogP contribution is 2.23. The molecule has 0 N–H and O–H groups in total. The van der Waals surface area contributed by atoms with E-state index in [9.17, 15) is 4.79 Å². The van der Waals surface area contributed by atoms with E-state index in [1.165, 1.54) is 0 Å². The largest absolute Gasteiger partial charge is 0.457 e. The number of nitrogens with zero attached hydrogens (tertiary/aromatic N) is 1. The number of rotatable bonds is 4. The maximum Gasteiger partial charge on any atom is 0.146 e. The van der Waals surface area contributed by atoms with Crippen LogP contribution in [0.1, 0.15) is 19.6 Å². The molecule has 0 aliphatic carbocycles. The number of furan rings is 1. The molecule has 0 bridgehead atoms. The van der Waals surface area contributed by atoms with Crippen molar-refractivity contribution in [1.82, 2.24) is 4.98 Å². The van der Waals surface area contributed by atoms with Crippen molar-refractivity contribution >= 4 is 12.4 Å². The van der Waals surface area contributed by atoms with Crippen LogP contribution in [0.4, 0.5) is 0 Å². The zero-order valence-corrected chi connectivity index (χ0v) is 10.5. The van der Waals surface area contributed by atoms with Gasteiger partial charge in [-0.05, 0) is 41.8 Å². The number of aldehydes is 1. The minimum Gasteiger partial charge on any atom is -0.457 e. The standard InChI is InChI=1S/C15H15NO2/c1-11(2)13(10-17)8-14-5-6-15(18-14)12-4-3-7-16-9-12/h3-11H,1-2H3.